The Kier molecular flexibility index (Phi) is 5.85. The zero-order valence-electron chi connectivity index (χ0n) is 17.6. The monoisotopic (exact) mass is 423 g/mol. The van der Waals surface area contributed by atoms with Crippen molar-refractivity contribution in [2.45, 2.75) is 20.4 Å². The van der Waals surface area contributed by atoms with E-state index in [1.54, 1.807) is 23.1 Å². The lowest BCUT2D eigenvalue weighted by Gasteiger charge is -2.34. The number of H-pyrrole nitrogens is 1. The number of nitrogens with zero attached hydrogens (tertiary/aromatic N) is 3. The number of rotatable bonds is 5. The van der Waals surface area contributed by atoms with Crippen LogP contribution in [0.4, 0.5) is 0 Å². The first kappa shape index (κ1) is 20.8. The summed E-state index contributed by atoms with van der Waals surface area (Å²) in [5.41, 5.74) is 2.28. The largest absolute Gasteiger partial charge is 0.361 e. The number of nitrogens with one attached hydrogen (secondary N) is 2. The summed E-state index contributed by atoms with van der Waals surface area (Å²) in [6.07, 6.45) is 1.39. The van der Waals surface area contributed by atoms with Gasteiger partial charge in [-0.3, -0.25) is 19.3 Å². The van der Waals surface area contributed by atoms with Crippen LogP contribution in [0.25, 0.3) is 10.9 Å². The number of benzene rings is 1. The van der Waals surface area contributed by atoms with Gasteiger partial charge in [0.2, 0.25) is 11.3 Å². The molecular formula is C22H25N5O4. The number of carbonyl (C=O) groups excluding carboxylic acids is 2. The molecule has 0 radical (unpaired) electrons. The lowest BCUT2D eigenvalue weighted by molar-refractivity contribution is -0.131. The highest BCUT2D eigenvalue weighted by Gasteiger charge is 2.23. The second kappa shape index (κ2) is 8.73. The molecule has 9 heteroatoms. The van der Waals surface area contributed by atoms with Crippen LogP contribution < -0.4 is 10.7 Å². The summed E-state index contributed by atoms with van der Waals surface area (Å²) in [5, 5.41) is 7.00. The van der Waals surface area contributed by atoms with E-state index < -0.39 is 5.91 Å². The third-order valence-corrected chi connectivity index (χ3v) is 5.72. The minimum absolute atomic E-state index is 0.00391. The maximum Gasteiger partial charge on any atom is 0.257 e. The van der Waals surface area contributed by atoms with Crippen LogP contribution in [0.1, 0.15) is 27.4 Å². The van der Waals surface area contributed by atoms with Gasteiger partial charge in [-0.15, -0.1) is 0 Å². The first-order valence-corrected chi connectivity index (χ1v) is 10.2. The van der Waals surface area contributed by atoms with E-state index in [-0.39, 0.29) is 23.4 Å². The molecule has 3 aromatic rings. The SMILES string of the molecule is Cc1noc(C)c1CN1CCN(C(=O)CNC(=O)c2c[nH]c3ccccc3c2=O)CC1. The Labute approximate surface area is 179 Å². The van der Waals surface area contributed by atoms with Gasteiger partial charge in [-0.2, -0.15) is 0 Å². The van der Waals surface area contributed by atoms with Gasteiger partial charge in [0, 0.05) is 55.4 Å². The summed E-state index contributed by atoms with van der Waals surface area (Å²) >= 11 is 0. The fourth-order valence-corrected chi connectivity index (χ4v) is 3.81. The van der Waals surface area contributed by atoms with Crippen molar-refractivity contribution >= 4 is 22.7 Å². The van der Waals surface area contributed by atoms with Crippen LogP contribution in [-0.2, 0) is 11.3 Å². The molecule has 0 unspecified atom stereocenters. The lowest BCUT2D eigenvalue weighted by atomic mass is 10.1. The smallest absolute Gasteiger partial charge is 0.257 e. The molecule has 3 heterocycles. The molecule has 1 aliphatic heterocycles. The maximum atomic E-state index is 12.5. The highest BCUT2D eigenvalue weighted by molar-refractivity contribution is 5.98. The van der Waals surface area contributed by atoms with Crippen LogP contribution in [0.5, 0.6) is 0 Å². The zero-order valence-corrected chi connectivity index (χ0v) is 17.6. The van der Waals surface area contributed by atoms with Gasteiger partial charge in [0.05, 0.1) is 12.2 Å². The molecule has 0 aliphatic carbocycles. The predicted molar refractivity (Wildman–Crippen MR) is 115 cm³/mol. The quantitative estimate of drug-likeness (QED) is 0.638. The van der Waals surface area contributed by atoms with Gasteiger partial charge in [-0.05, 0) is 26.0 Å². The Bertz CT molecular complexity index is 1150. The molecule has 0 spiro atoms. The lowest BCUT2D eigenvalue weighted by Crippen LogP contribution is -2.51. The molecule has 9 nitrogen and oxygen atoms in total. The number of fused-ring (bicyclic) bond motifs is 1. The van der Waals surface area contributed by atoms with Crippen molar-refractivity contribution in [2.75, 3.05) is 32.7 Å². The van der Waals surface area contributed by atoms with E-state index in [1.807, 2.05) is 19.9 Å². The number of amides is 2. The van der Waals surface area contributed by atoms with Gasteiger partial charge in [0.25, 0.3) is 5.91 Å². The van der Waals surface area contributed by atoms with Gasteiger partial charge in [-0.1, -0.05) is 17.3 Å². The maximum absolute atomic E-state index is 12.5. The molecule has 2 aromatic heterocycles. The van der Waals surface area contributed by atoms with Crippen LogP contribution >= 0.6 is 0 Å². The molecule has 0 bridgehead atoms. The van der Waals surface area contributed by atoms with Crippen LogP contribution in [-0.4, -0.2) is 64.5 Å². The number of aromatic nitrogens is 2. The van der Waals surface area contributed by atoms with Gasteiger partial charge in [0.15, 0.2) is 0 Å². The number of pyridine rings is 1. The van der Waals surface area contributed by atoms with Gasteiger partial charge < -0.3 is 19.7 Å². The molecule has 162 valence electrons. The first-order valence-electron chi connectivity index (χ1n) is 10.2. The van der Waals surface area contributed by atoms with E-state index in [1.165, 1.54) is 6.20 Å². The van der Waals surface area contributed by atoms with E-state index in [2.05, 4.69) is 20.4 Å². The first-order chi connectivity index (χ1) is 14.9. The van der Waals surface area contributed by atoms with Crippen molar-refractivity contribution in [3.05, 3.63) is 63.3 Å². The third-order valence-electron chi connectivity index (χ3n) is 5.72. The molecule has 2 amide bonds. The zero-order chi connectivity index (χ0) is 22.0. The Morgan fingerprint density at radius 2 is 1.90 bits per heavy atom. The van der Waals surface area contributed by atoms with Crippen LogP contribution in [0, 0.1) is 13.8 Å². The normalized spacial score (nSPS) is 14.7. The number of carbonyl (C=O) groups is 2. The van der Waals surface area contributed by atoms with Gasteiger partial charge in [-0.25, -0.2) is 0 Å². The number of aromatic amines is 1. The van der Waals surface area contributed by atoms with Crippen molar-refractivity contribution in [2.24, 2.45) is 0 Å². The van der Waals surface area contributed by atoms with Crippen molar-refractivity contribution in [3.8, 4) is 0 Å². The van der Waals surface area contributed by atoms with Crippen molar-refractivity contribution in [1.29, 1.82) is 0 Å². The van der Waals surface area contributed by atoms with E-state index in [9.17, 15) is 14.4 Å². The highest BCUT2D eigenvalue weighted by Crippen LogP contribution is 2.16. The van der Waals surface area contributed by atoms with E-state index >= 15 is 0 Å². The fourth-order valence-electron chi connectivity index (χ4n) is 3.81. The van der Waals surface area contributed by atoms with Crippen LogP contribution in [0.3, 0.4) is 0 Å². The van der Waals surface area contributed by atoms with E-state index in [0.717, 1.165) is 36.7 Å². The van der Waals surface area contributed by atoms with Crippen LogP contribution in [0.15, 0.2) is 39.8 Å². The number of hydrogen-bond donors (Lipinski definition) is 2. The second-order valence-corrected chi connectivity index (χ2v) is 7.72. The summed E-state index contributed by atoms with van der Waals surface area (Å²) in [7, 11) is 0. The summed E-state index contributed by atoms with van der Waals surface area (Å²) in [5.74, 6) is 0.0994. The molecule has 4 rings (SSSR count). The molecular weight excluding hydrogens is 398 g/mol. The summed E-state index contributed by atoms with van der Waals surface area (Å²) in [4.78, 5) is 44.5. The van der Waals surface area contributed by atoms with E-state index in [0.29, 0.717) is 24.0 Å². The Morgan fingerprint density at radius 3 is 2.61 bits per heavy atom. The number of para-hydroxylation sites is 1. The standard InChI is InChI=1S/C22H25N5O4/c1-14-18(15(2)31-25-14)13-26-7-9-27(10-8-26)20(28)12-24-22(30)17-11-23-19-6-4-3-5-16(19)21(17)29/h3-6,11H,7-10,12-13H2,1-2H3,(H,23,29)(H,24,30). The number of hydrogen-bond acceptors (Lipinski definition) is 6. The highest BCUT2D eigenvalue weighted by atomic mass is 16.5. The third kappa shape index (κ3) is 4.36. The average molecular weight is 423 g/mol. The number of piperazine rings is 1. The Hall–Kier alpha value is -3.46. The van der Waals surface area contributed by atoms with Crippen molar-refractivity contribution in [1.82, 2.24) is 25.3 Å². The second-order valence-electron chi connectivity index (χ2n) is 7.72. The van der Waals surface area contributed by atoms with Gasteiger partial charge >= 0.3 is 0 Å². The predicted octanol–water partition coefficient (Wildman–Crippen LogP) is 1.21. The summed E-state index contributed by atoms with van der Waals surface area (Å²) < 4.78 is 5.21. The number of aryl methyl sites for hydroxylation is 2. The molecule has 31 heavy (non-hydrogen) atoms. The van der Waals surface area contributed by atoms with Crippen LogP contribution in [0.2, 0.25) is 0 Å². The fraction of sp³-hybridized carbons (Fsp3) is 0.364. The summed E-state index contributed by atoms with van der Waals surface area (Å²) in [6, 6.07) is 6.99. The van der Waals surface area contributed by atoms with Gasteiger partial charge in [0.1, 0.15) is 11.3 Å². The van der Waals surface area contributed by atoms with Crippen molar-refractivity contribution < 1.29 is 14.1 Å². The topological polar surface area (TPSA) is 112 Å². The average Bonchev–Trinajstić information content (AvgIpc) is 3.10. The minimum atomic E-state index is -0.558. The Balaban J connectivity index is 1.30. The Morgan fingerprint density at radius 1 is 1.16 bits per heavy atom. The molecule has 2 N–H and O–H groups in total. The molecule has 1 saturated heterocycles. The molecule has 1 aliphatic rings. The van der Waals surface area contributed by atoms with Crippen molar-refractivity contribution in [3.63, 3.8) is 0 Å². The molecule has 1 aromatic carbocycles. The summed E-state index contributed by atoms with van der Waals surface area (Å²) in [6.45, 7) is 7.04. The molecule has 1 fully saturated rings. The van der Waals surface area contributed by atoms with E-state index in [4.69, 9.17) is 4.52 Å². The molecule has 0 atom stereocenters. The minimum Gasteiger partial charge on any atom is -0.361 e. The molecule has 0 saturated carbocycles.